The Balaban J connectivity index is 1.47. The Bertz CT molecular complexity index is 1110. The molecule has 0 atom stereocenters. The number of rotatable bonds is 5. The predicted octanol–water partition coefficient (Wildman–Crippen LogP) is 3.63. The number of para-hydroxylation sites is 1. The molecule has 0 bridgehead atoms. The molecule has 3 aromatic rings. The van der Waals surface area contributed by atoms with Crippen LogP contribution < -0.4 is 14.8 Å². The van der Waals surface area contributed by atoms with Crippen molar-refractivity contribution in [3.8, 4) is 11.5 Å². The molecule has 7 nitrogen and oxygen atoms in total. The van der Waals surface area contributed by atoms with Crippen LogP contribution in [0.2, 0.25) is 0 Å². The van der Waals surface area contributed by atoms with Crippen LogP contribution in [0.4, 0.5) is 5.69 Å². The van der Waals surface area contributed by atoms with Gasteiger partial charge in [-0.2, -0.15) is 0 Å². The molecule has 0 unspecified atom stereocenters. The van der Waals surface area contributed by atoms with E-state index in [0.29, 0.717) is 34.9 Å². The van der Waals surface area contributed by atoms with E-state index in [1.165, 1.54) is 0 Å². The average Bonchev–Trinajstić information content (AvgIpc) is 3.19. The number of amides is 1. The first-order chi connectivity index (χ1) is 14.1. The van der Waals surface area contributed by atoms with Crippen molar-refractivity contribution in [1.82, 2.24) is 4.98 Å². The fourth-order valence-corrected chi connectivity index (χ4v) is 3.34. The largest absolute Gasteiger partial charge is 0.454 e. The number of carbonyl (C=O) groups excluding carboxylic acids is 2. The minimum atomic E-state index is -0.557. The van der Waals surface area contributed by atoms with Gasteiger partial charge in [-0.05, 0) is 37.1 Å². The second-order valence-corrected chi connectivity index (χ2v) is 6.62. The van der Waals surface area contributed by atoms with Crippen LogP contribution in [0.15, 0.2) is 42.5 Å². The molecular formula is C22H20N2O5. The molecule has 1 aliphatic rings. The van der Waals surface area contributed by atoms with Gasteiger partial charge in [-0.3, -0.25) is 9.78 Å². The third kappa shape index (κ3) is 3.71. The van der Waals surface area contributed by atoms with Gasteiger partial charge in [0, 0.05) is 17.1 Å². The lowest BCUT2D eigenvalue weighted by atomic mass is 10.0. The second kappa shape index (κ2) is 7.79. The van der Waals surface area contributed by atoms with E-state index in [4.69, 9.17) is 14.2 Å². The number of anilines is 1. The van der Waals surface area contributed by atoms with Gasteiger partial charge in [0.15, 0.2) is 18.1 Å². The van der Waals surface area contributed by atoms with Gasteiger partial charge in [0.25, 0.3) is 5.91 Å². The first-order valence-electron chi connectivity index (χ1n) is 9.31. The molecule has 1 aliphatic heterocycles. The highest BCUT2D eigenvalue weighted by Crippen LogP contribution is 2.34. The lowest BCUT2D eigenvalue weighted by Gasteiger charge is -2.13. The smallest absolute Gasteiger partial charge is 0.340 e. The SMILES string of the molecule is CCc1nc2ccccc2c(C)c1C(=O)OCC(=O)Nc1ccc2c(c1)OCO2. The minimum Gasteiger partial charge on any atom is -0.454 e. The summed E-state index contributed by atoms with van der Waals surface area (Å²) in [5.41, 5.74) is 3.24. The Morgan fingerprint density at radius 3 is 2.76 bits per heavy atom. The van der Waals surface area contributed by atoms with Crippen molar-refractivity contribution in [1.29, 1.82) is 0 Å². The number of ether oxygens (including phenoxy) is 3. The van der Waals surface area contributed by atoms with E-state index in [1.807, 2.05) is 38.1 Å². The summed E-state index contributed by atoms with van der Waals surface area (Å²) in [7, 11) is 0. The molecule has 1 N–H and O–H groups in total. The number of nitrogens with zero attached hydrogens (tertiary/aromatic N) is 1. The highest BCUT2D eigenvalue weighted by Gasteiger charge is 2.20. The summed E-state index contributed by atoms with van der Waals surface area (Å²) in [6.07, 6.45) is 0.583. The molecule has 0 aliphatic carbocycles. The Morgan fingerprint density at radius 2 is 1.93 bits per heavy atom. The van der Waals surface area contributed by atoms with Crippen molar-refractivity contribution < 1.29 is 23.8 Å². The van der Waals surface area contributed by atoms with Gasteiger partial charge in [-0.1, -0.05) is 25.1 Å². The molecule has 4 rings (SSSR count). The van der Waals surface area contributed by atoms with E-state index in [1.54, 1.807) is 18.2 Å². The maximum absolute atomic E-state index is 12.7. The first-order valence-corrected chi connectivity index (χ1v) is 9.31. The summed E-state index contributed by atoms with van der Waals surface area (Å²) in [4.78, 5) is 29.5. The maximum Gasteiger partial charge on any atom is 0.340 e. The zero-order valence-corrected chi connectivity index (χ0v) is 16.2. The molecule has 0 saturated heterocycles. The van der Waals surface area contributed by atoms with Crippen LogP contribution >= 0.6 is 0 Å². The van der Waals surface area contributed by atoms with Crippen LogP contribution in [0.25, 0.3) is 10.9 Å². The summed E-state index contributed by atoms with van der Waals surface area (Å²) < 4.78 is 15.8. The fourth-order valence-electron chi connectivity index (χ4n) is 3.34. The highest BCUT2D eigenvalue weighted by molar-refractivity contribution is 6.00. The van der Waals surface area contributed by atoms with Crippen LogP contribution in [-0.4, -0.2) is 30.3 Å². The van der Waals surface area contributed by atoms with Crippen LogP contribution in [0.5, 0.6) is 11.5 Å². The monoisotopic (exact) mass is 392 g/mol. The van der Waals surface area contributed by atoms with Crippen LogP contribution in [0, 0.1) is 6.92 Å². The number of pyridine rings is 1. The summed E-state index contributed by atoms with van der Waals surface area (Å²) in [5.74, 6) is 0.186. The Labute approximate surface area is 167 Å². The molecule has 0 saturated carbocycles. The number of carbonyl (C=O) groups is 2. The Hall–Kier alpha value is -3.61. The molecule has 0 fully saturated rings. The number of aryl methyl sites for hydroxylation is 2. The van der Waals surface area contributed by atoms with E-state index >= 15 is 0 Å². The third-order valence-electron chi connectivity index (χ3n) is 4.76. The van der Waals surface area contributed by atoms with Gasteiger partial charge >= 0.3 is 5.97 Å². The second-order valence-electron chi connectivity index (χ2n) is 6.62. The molecule has 2 heterocycles. The molecule has 7 heteroatoms. The number of benzene rings is 2. The zero-order valence-electron chi connectivity index (χ0n) is 16.2. The van der Waals surface area contributed by atoms with E-state index < -0.39 is 18.5 Å². The van der Waals surface area contributed by atoms with Gasteiger partial charge < -0.3 is 19.5 Å². The standard InChI is InChI=1S/C22H20N2O5/c1-3-16-21(13(2)15-6-4-5-7-17(15)24-16)22(26)27-11-20(25)23-14-8-9-18-19(10-14)29-12-28-18/h4-10H,3,11-12H2,1-2H3,(H,23,25). The molecule has 148 valence electrons. The zero-order chi connectivity index (χ0) is 20.4. The highest BCUT2D eigenvalue weighted by atomic mass is 16.7. The van der Waals surface area contributed by atoms with Crippen molar-refractivity contribution in [2.75, 3.05) is 18.7 Å². The number of hydrogen-bond donors (Lipinski definition) is 1. The number of hydrogen-bond acceptors (Lipinski definition) is 6. The quantitative estimate of drug-likeness (QED) is 0.667. The number of nitrogens with one attached hydrogen (secondary N) is 1. The molecule has 1 amide bonds. The van der Waals surface area contributed by atoms with Gasteiger partial charge in [0.1, 0.15) is 0 Å². The summed E-state index contributed by atoms with van der Waals surface area (Å²) in [5, 5.41) is 3.57. The van der Waals surface area contributed by atoms with Crippen molar-refractivity contribution in [2.24, 2.45) is 0 Å². The summed E-state index contributed by atoms with van der Waals surface area (Å²) in [6, 6.07) is 12.7. The molecule has 1 aromatic heterocycles. The first kappa shape index (κ1) is 18.7. The lowest BCUT2D eigenvalue weighted by molar-refractivity contribution is -0.119. The Morgan fingerprint density at radius 1 is 1.14 bits per heavy atom. The lowest BCUT2D eigenvalue weighted by Crippen LogP contribution is -2.22. The number of fused-ring (bicyclic) bond motifs is 2. The van der Waals surface area contributed by atoms with Crippen LogP contribution in [0.1, 0.15) is 28.5 Å². The average molecular weight is 392 g/mol. The van der Waals surface area contributed by atoms with Gasteiger partial charge in [0.05, 0.1) is 16.8 Å². The number of esters is 1. The number of aromatic nitrogens is 1. The summed E-state index contributed by atoms with van der Waals surface area (Å²) in [6.45, 7) is 3.55. The Kier molecular flexibility index (Phi) is 5.03. The molecule has 0 spiro atoms. The van der Waals surface area contributed by atoms with Gasteiger partial charge in [-0.25, -0.2) is 4.79 Å². The van der Waals surface area contributed by atoms with Gasteiger partial charge in [0.2, 0.25) is 6.79 Å². The summed E-state index contributed by atoms with van der Waals surface area (Å²) >= 11 is 0. The van der Waals surface area contributed by atoms with Crippen molar-refractivity contribution in [3.05, 3.63) is 59.3 Å². The van der Waals surface area contributed by atoms with E-state index in [2.05, 4.69) is 10.3 Å². The minimum absolute atomic E-state index is 0.156. The molecule has 29 heavy (non-hydrogen) atoms. The predicted molar refractivity (Wildman–Crippen MR) is 107 cm³/mol. The molecule has 2 aromatic carbocycles. The maximum atomic E-state index is 12.7. The fraction of sp³-hybridized carbons (Fsp3) is 0.227. The van der Waals surface area contributed by atoms with Crippen LogP contribution in [-0.2, 0) is 16.0 Å². The van der Waals surface area contributed by atoms with Crippen molar-refractivity contribution in [2.45, 2.75) is 20.3 Å². The van der Waals surface area contributed by atoms with E-state index in [-0.39, 0.29) is 6.79 Å². The third-order valence-corrected chi connectivity index (χ3v) is 4.76. The van der Waals surface area contributed by atoms with E-state index in [9.17, 15) is 9.59 Å². The molecular weight excluding hydrogens is 372 g/mol. The van der Waals surface area contributed by atoms with E-state index in [0.717, 1.165) is 16.5 Å². The van der Waals surface area contributed by atoms with Gasteiger partial charge in [-0.15, -0.1) is 0 Å². The normalized spacial score (nSPS) is 12.1. The van der Waals surface area contributed by atoms with Crippen LogP contribution in [0.3, 0.4) is 0 Å². The molecule has 0 radical (unpaired) electrons. The van der Waals surface area contributed by atoms with Crippen molar-refractivity contribution >= 4 is 28.5 Å². The van der Waals surface area contributed by atoms with Crippen molar-refractivity contribution in [3.63, 3.8) is 0 Å². The topological polar surface area (TPSA) is 86.8 Å².